The Balaban J connectivity index is 2.02. The maximum absolute atomic E-state index is 13.4. The van der Waals surface area contributed by atoms with Gasteiger partial charge in [-0.3, -0.25) is 0 Å². The molecule has 0 fully saturated rings. The van der Waals surface area contributed by atoms with E-state index in [-0.39, 0.29) is 17.2 Å². The van der Waals surface area contributed by atoms with Crippen molar-refractivity contribution in [2.45, 2.75) is 13.1 Å². The minimum Gasteiger partial charge on any atom is -0.338 e. The van der Waals surface area contributed by atoms with Gasteiger partial charge in [-0.2, -0.15) is 23.4 Å². The summed E-state index contributed by atoms with van der Waals surface area (Å²) in [4.78, 5) is 7.76. The summed E-state index contributed by atoms with van der Waals surface area (Å²) < 4.78 is 40.1. The molecule has 2 aromatic carbocycles. The number of nitriles is 1. The predicted octanol–water partition coefficient (Wildman–Crippen LogP) is 5.16. The van der Waals surface area contributed by atoms with Crippen LogP contribution in [0.2, 0.25) is 0 Å². The molecular weight excluding hydrogens is 355 g/mol. The average Bonchev–Trinajstić information content (AvgIpc) is 2.63. The summed E-state index contributed by atoms with van der Waals surface area (Å²) in [5, 5.41) is 14.7. The number of nitrogens with zero attached hydrogens (tertiary/aromatic N) is 3. The highest BCUT2D eigenvalue weighted by Crippen LogP contribution is 2.35. The predicted molar refractivity (Wildman–Crippen MR) is 95.9 cm³/mol. The summed E-state index contributed by atoms with van der Waals surface area (Å²) in [5.41, 5.74) is 0.986. The Bertz CT molecular complexity index is 1010. The van der Waals surface area contributed by atoms with Gasteiger partial charge >= 0.3 is 6.18 Å². The molecule has 136 valence electrons. The first-order valence-electron chi connectivity index (χ1n) is 7.91. The average molecular weight is 369 g/mol. The monoisotopic (exact) mass is 369 g/mol. The first kappa shape index (κ1) is 18.2. The molecule has 0 spiro atoms. The standard InChI is InChI=1S/C19H14F3N5/c1-12-6-2-4-8-15(12)26-18-24-11-14(19(20,21)22)17(27-18)25-16-9-5-3-7-13(16)10-23/h2-9,11H,1H3,(H2,24,25,26,27). The van der Waals surface area contributed by atoms with Crippen LogP contribution < -0.4 is 10.6 Å². The van der Waals surface area contributed by atoms with Crippen molar-refractivity contribution >= 4 is 23.1 Å². The number of aromatic nitrogens is 2. The third-order valence-electron chi connectivity index (χ3n) is 3.79. The SMILES string of the molecule is Cc1ccccc1Nc1ncc(C(F)(F)F)c(Nc2ccccc2C#N)n1. The number of alkyl halides is 3. The zero-order valence-corrected chi connectivity index (χ0v) is 14.2. The van der Waals surface area contributed by atoms with Crippen molar-refractivity contribution in [2.24, 2.45) is 0 Å². The molecule has 0 bridgehead atoms. The lowest BCUT2D eigenvalue weighted by Crippen LogP contribution is -2.13. The van der Waals surface area contributed by atoms with E-state index in [0.717, 1.165) is 5.56 Å². The summed E-state index contributed by atoms with van der Waals surface area (Å²) >= 11 is 0. The van der Waals surface area contributed by atoms with Crippen molar-refractivity contribution in [3.05, 3.63) is 71.4 Å². The van der Waals surface area contributed by atoms with Crippen molar-refractivity contribution < 1.29 is 13.2 Å². The van der Waals surface area contributed by atoms with Crippen molar-refractivity contribution in [1.29, 1.82) is 5.26 Å². The molecule has 0 unspecified atom stereocenters. The second-order valence-electron chi connectivity index (χ2n) is 5.68. The van der Waals surface area contributed by atoms with E-state index in [0.29, 0.717) is 11.9 Å². The summed E-state index contributed by atoms with van der Waals surface area (Å²) in [6, 6.07) is 15.5. The number of hydrogen-bond donors (Lipinski definition) is 2. The highest BCUT2D eigenvalue weighted by Gasteiger charge is 2.35. The van der Waals surface area contributed by atoms with Gasteiger partial charge in [-0.05, 0) is 30.7 Å². The lowest BCUT2D eigenvalue weighted by molar-refractivity contribution is -0.137. The number of nitrogens with one attached hydrogen (secondary N) is 2. The topological polar surface area (TPSA) is 73.6 Å². The van der Waals surface area contributed by atoms with Crippen LogP contribution in [-0.4, -0.2) is 9.97 Å². The fourth-order valence-corrected chi connectivity index (χ4v) is 2.40. The Morgan fingerprint density at radius 2 is 1.63 bits per heavy atom. The van der Waals surface area contributed by atoms with Gasteiger partial charge in [-0.25, -0.2) is 4.98 Å². The Kier molecular flexibility index (Phi) is 4.94. The fraction of sp³-hybridized carbons (Fsp3) is 0.105. The van der Waals surface area contributed by atoms with Crippen molar-refractivity contribution in [2.75, 3.05) is 10.6 Å². The number of para-hydroxylation sites is 2. The third-order valence-corrected chi connectivity index (χ3v) is 3.79. The van der Waals surface area contributed by atoms with E-state index in [1.54, 1.807) is 24.3 Å². The summed E-state index contributed by atoms with van der Waals surface area (Å²) in [5.74, 6) is -0.425. The molecule has 0 saturated carbocycles. The molecule has 27 heavy (non-hydrogen) atoms. The van der Waals surface area contributed by atoms with Gasteiger partial charge in [0.2, 0.25) is 5.95 Å². The van der Waals surface area contributed by atoms with Gasteiger partial charge < -0.3 is 10.6 Å². The quantitative estimate of drug-likeness (QED) is 0.664. The Hall–Kier alpha value is -3.60. The van der Waals surface area contributed by atoms with Crippen LogP contribution in [0.25, 0.3) is 0 Å². The van der Waals surface area contributed by atoms with E-state index >= 15 is 0 Å². The van der Waals surface area contributed by atoms with Crippen LogP contribution in [0.3, 0.4) is 0 Å². The molecule has 0 aliphatic rings. The van der Waals surface area contributed by atoms with E-state index in [2.05, 4.69) is 20.6 Å². The molecule has 3 aromatic rings. The number of aryl methyl sites for hydroxylation is 1. The number of halogens is 3. The van der Waals surface area contributed by atoms with Crippen LogP contribution in [0.15, 0.2) is 54.7 Å². The molecule has 8 heteroatoms. The molecule has 1 heterocycles. The molecule has 2 N–H and O–H groups in total. The molecule has 0 amide bonds. The number of benzene rings is 2. The highest BCUT2D eigenvalue weighted by molar-refractivity contribution is 5.68. The van der Waals surface area contributed by atoms with Gasteiger partial charge in [0, 0.05) is 11.9 Å². The van der Waals surface area contributed by atoms with E-state index in [1.807, 2.05) is 25.1 Å². The Labute approximate surface area is 153 Å². The lowest BCUT2D eigenvalue weighted by Gasteiger charge is -2.16. The van der Waals surface area contributed by atoms with E-state index in [1.165, 1.54) is 12.1 Å². The minimum atomic E-state index is -4.65. The molecule has 5 nitrogen and oxygen atoms in total. The number of anilines is 4. The van der Waals surface area contributed by atoms with Crippen molar-refractivity contribution in [3.8, 4) is 6.07 Å². The Morgan fingerprint density at radius 1 is 0.963 bits per heavy atom. The van der Waals surface area contributed by atoms with E-state index in [4.69, 9.17) is 5.26 Å². The number of hydrogen-bond acceptors (Lipinski definition) is 5. The first-order chi connectivity index (χ1) is 12.9. The molecule has 0 radical (unpaired) electrons. The van der Waals surface area contributed by atoms with E-state index in [9.17, 15) is 13.2 Å². The molecule has 0 aliphatic carbocycles. The normalized spacial score (nSPS) is 10.9. The molecule has 0 saturated heterocycles. The second kappa shape index (κ2) is 7.33. The van der Waals surface area contributed by atoms with E-state index < -0.39 is 17.6 Å². The first-order valence-corrected chi connectivity index (χ1v) is 7.91. The zero-order chi connectivity index (χ0) is 19.4. The van der Waals surface area contributed by atoms with Gasteiger partial charge in [-0.1, -0.05) is 30.3 Å². The van der Waals surface area contributed by atoms with Gasteiger partial charge in [0.25, 0.3) is 0 Å². The molecule has 3 rings (SSSR count). The molecule has 0 atom stereocenters. The minimum absolute atomic E-state index is 0.00855. The van der Waals surface area contributed by atoms with Gasteiger partial charge in [0.05, 0.1) is 11.3 Å². The maximum atomic E-state index is 13.4. The Morgan fingerprint density at radius 3 is 2.30 bits per heavy atom. The van der Waals surface area contributed by atoms with Crippen LogP contribution in [0, 0.1) is 18.3 Å². The fourth-order valence-electron chi connectivity index (χ4n) is 2.40. The lowest BCUT2D eigenvalue weighted by atomic mass is 10.2. The zero-order valence-electron chi connectivity index (χ0n) is 14.2. The summed E-state index contributed by atoms with van der Waals surface area (Å²) in [7, 11) is 0. The van der Waals surface area contributed by atoms with Crippen molar-refractivity contribution in [3.63, 3.8) is 0 Å². The van der Waals surface area contributed by atoms with Gasteiger partial charge in [-0.15, -0.1) is 0 Å². The van der Waals surface area contributed by atoms with Crippen LogP contribution in [0.1, 0.15) is 16.7 Å². The summed E-state index contributed by atoms with van der Waals surface area (Å²) in [6.07, 6.45) is -3.93. The van der Waals surface area contributed by atoms with Crippen LogP contribution >= 0.6 is 0 Å². The smallest absolute Gasteiger partial charge is 0.338 e. The third kappa shape index (κ3) is 4.15. The highest BCUT2D eigenvalue weighted by atomic mass is 19.4. The van der Waals surface area contributed by atoms with Crippen LogP contribution in [0.4, 0.5) is 36.3 Å². The van der Waals surface area contributed by atoms with Gasteiger partial charge in [0.15, 0.2) is 0 Å². The number of rotatable bonds is 4. The molecular formula is C19H14F3N5. The van der Waals surface area contributed by atoms with Crippen LogP contribution in [0.5, 0.6) is 0 Å². The second-order valence-corrected chi connectivity index (χ2v) is 5.68. The molecule has 0 aliphatic heterocycles. The summed E-state index contributed by atoms with van der Waals surface area (Å²) in [6.45, 7) is 1.86. The molecule has 1 aromatic heterocycles. The van der Waals surface area contributed by atoms with Gasteiger partial charge in [0.1, 0.15) is 17.5 Å². The van der Waals surface area contributed by atoms with Crippen molar-refractivity contribution in [1.82, 2.24) is 9.97 Å². The van der Waals surface area contributed by atoms with Crippen LogP contribution in [-0.2, 0) is 6.18 Å². The largest absolute Gasteiger partial charge is 0.421 e. The maximum Gasteiger partial charge on any atom is 0.421 e.